The number of nitrogens with one attached hydrogen (secondary N) is 1. The summed E-state index contributed by atoms with van der Waals surface area (Å²) in [6.07, 6.45) is 3.75. The standard InChI is InChI=1S/C27H26F2N6O3/c1-17-6-15-23(38-17)25(27(37)30-21-4-2-3-5-21)35(22-13-11-20(29)12-14-22)24(36)16-34-32-26(31-33-34)18-7-9-19(28)10-8-18/h6-15,21,25H,2-5,16H2,1H3,(H,30,37). The van der Waals surface area contributed by atoms with Gasteiger partial charge in [-0.1, -0.05) is 12.8 Å². The molecule has 2 amide bonds. The third-order valence-corrected chi connectivity index (χ3v) is 6.44. The predicted molar refractivity (Wildman–Crippen MR) is 134 cm³/mol. The maximum atomic E-state index is 13.8. The first kappa shape index (κ1) is 25.2. The van der Waals surface area contributed by atoms with Crippen molar-refractivity contribution in [3.05, 3.63) is 83.8 Å². The number of halogens is 2. The molecule has 2 heterocycles. The molecular weight excluding hydrogens is 494 g/mol. The Morgan fingerprint density at radius 3 is 2.32 bits per heavy atom. The predicted octanol–water partition coefficient (Wildman–Crippen LogP) is 4.35. The molecule has 38 heavy (non-hydrogen) atoms. The summed E-state index contributed by atoms with van der Waals surface area (Å²) < 4.78 is 32.9. The van der Waals surface area contributed by atoms with E-state index in [9.17, 15) is 18.4 Å². The maximum absolute atomic E-state index is 13.8. The number of benzene rings is 2. The summed E-state index contributed by atoms with van der Waals surface area (Å²) in [5.41, 5.74) is 0.830. The van der Waals surface area contributed by atoms with Crippen LogP contribution in [-0.4, -0.2) is 38.1 Å². The van der Waals surface area contributed by atoms with Gasteiger partial charge in [-0.15, -0.1) is 10.2 Å². The van der Waals surface area contributed by atoms with Crippen LogP contribution >= 0.6 is 0 Å². The zero-order chi connectivity index (χ0) is 26.6. The Hall–Kier alpha value is -4.41. The number of hydrogen-bond acceptors (Lipinski definition) is 6. The molecule has 1 fully saturated rings. The summed E-state index contributed by atoms with van der Waals surface area (Å²) in [6.45, 7) is 1.38. The lowest BCUT2D eigenvalue weighted by Crippen LogP contribution is -2.47. The molecule has 0 bridgehead atoms. The molecular formula is C27H26F2N6O3. The number of aryl methyl sites for hydroxylation is 1. The van der Waals surface area contributed by atoms with Gasteiger partial charge in [0.25, 0.3) is 11.8 Å². The quantitative estimate of drug-likeness (QED) is 0.370. The van der Waals surface area contributed by atoms with Crippen LogP contribution in [0.25, 0.3) is 11.4 Å². The van der Waals surface area contributed by atoms with Crippen molar-refractivity contribution in [2.24, 2.45) is 0 Å². The van der Waals surface area contributed by atoms with Crippen LogP contribution in [0.4, 0.5) is 14.5 Å². The molecule has 2 aromatic carbocycles. The van der Waals surface area contributed by atoms with E-state index in [0.717, 1.165) is 30.5 Å². The number of amides is 2. The fraction of sp³-hybridized carbons (Fsp3) is 0.296. The average Bonchev–Trinajstić information content (AvgIpc) is 3.67. The summed E-state index contributed by atoms with van der Waals surface area (Å²) in [5, 5.41) is 15.2. The minimum atomic E-state index is -1.15. The van der Waals surface area contributed by atoms with Gasteiger partial charge in [-0.3, -0.25) is 14.5 Å². The summed E-state index contributed by atoms with van der Waals surface area (Å²) in [7, 11) is 0. The lowest BCUT2D eigenvalue weighted by Gasteiger charge is -2.30. The fourth-order valence-corrected chi connectivity index (χ4v) is 4.58. The second-order valence-corrected chi connectivity index (χ2v) is 9.23. The van der Waals surface area contributed by atoms with E-state index >= 15 is 0 Å². The van der Waals surface area contributed by atoms with E-state index in [1.807, 2.05) is 0 Å². The van der Waals surface area contributed by atoms with Crippen molar-refractivity contribution in [2.45, 2.75) is 51.2 Å². The van der Waals surface area contributed by atoms with Gasteiger partial charge < -0.3 is 9.73 Å². The van der Waals surface area contributed by atoms with Gasteiger partial charge in [-0.25, -0.2) is 8.78 Å². The normalized spacial score (nSPS) is 14.4. The number of carbonyl (C=O) groups excluding carboxylic acids is 2. The first-order chi connectivity index (χ1) is 18.4. The molecule has 5 rings (SSSR count). The van der Waals surface area contributed by atoms with Crippen molar-refractivity contribution in [1.29, 1.82) is 0 Å². The van der Waals surface area contributed by atoms with Crippen LogP contribution < -0.4 is 10.2 Å². The number of furan rings is 1. The SMILES string of the molecule is Cc1ccc(C(C(=O)NC2CCCC2)N(C(=O)Cn2nnc(-c3ccc(F)cc3)n2)c2ccc(F)cc2)o1. The Kier molecular flexibility index (Phi) is 7.25. The van der Waals surface area contributed by atoms with Gasteiger partial charge in [0.1, 0.15) is 29.7 Å². The van der Waals surface area contributed by atoms with E-state index in [2.05, 4.69) is 20.7 Å². The molecule has 0 radical (unpaired) electrons. The van der Waals surface area contributed by atoms with Gasteiger partial charge in [0, 0.05) is 17.3 Å². The van der Waals surface area contributed by atoms with Gasteiger partial charge in [0.2, 0.25) is 5.82 Å². The molecule has 1 saturated carbocycles. The van der Waals surface area contributed by atoms with E-state index in [1.165, 1.54) is 53.4 Å². The van der Waals surface area contributed by atoms with Crippen molar-refractivity contribution >= 4 is 17.5 Å². The largest absolute Gasteiger partial charge is 0.464 e. The molecule has 0 spiro atoms. The van der Waals surface area contributed by atoms with Crippen molar-refractivity contribution in [1.82, 2.24) is 25.5 Å². The average molecular weight is 521 g/mol. The van der Waals surface area contributed by atoms with Crippen molar-refractivity contribution < 1.29 is 22.8 Å². The number of rotatable bonds is 8. The number of nitrogens with zero attached hydrogens (tertiary/aromatic N) is 5. The molecule has 1 unspecified atom stereocenters. The zero-order valence-electron chi connectivity index (χ0n) is 20.7. The fourth-order valence-electron chi connectivity index (χ4n) is 4.58. The third kappa shape index (κ3) is 5.61. The van der Waals surface area contributed by atoms with Crippen molar-refractivity contribution in [2.75, 3.05) is 4.90 Å². The first-order valence-corrected chi connectivity index (χ1v) is 12.4. The molecule has 1 atom stereocenters. The van der Waals surface area contributed by atoms with Crippen LogP contribution in [0.1, 0.15) is 43.2 Å². The topological polar surface area (TPSA) is 106 Å². The Balaban J connectivity index is 1.48. The van der Waals surface area contributed by atoms with Crippen LogP contribution in [0.5, 0.6) is 0 Å². The Morgan fingerprint density at radius 1 is 1.03 bits per heavy atom. The van der Waals surface area contributed by atoms with Crippen molar-refractivity contribution in [3.63, 3.8) is 0 Å². The number of aromatic nitrogens is 4. The number of carbonyl (C=O) groups is 2. The van der Waals surface area contributed by atoms with Crippen LogP contribution in [0.2, 0.25) is 0 Å². The number of anilines is 1. The number of tetrazole rings is 1. The molecule has 2 aromatic heterocycles. The number of hydrogen-bond donors (Lipinski definition) is 1. The minimum Gasteiger partial charge on any atom is -0.464 e. The second kappa shape index (κ2) is 10.9. The van der Waals surface area contributed by atoms with E-state index in [4.69, 9.17) is 4.42 Å². The minimum absolute atomic E-state index is 0.00137. The van der Waals surface area contributed by atoms with E-state index in [1.54, 1.807) is 19.1 Å². The second-order valence-electron chi connectivity index (χ2n) is 9.23. The van der Waals surface area contributed by atoms with Gasteiger partial charge >= 0.3 is 0 Å². The molecule has 0 aliphatic heterocycles. The van der Waals surface area contributed by atoms with Crippen LogP contribution in [-0.2, 0) is 16.1 Å². The van der Waals surface area contributed by atoms with E-state index in [0.29, 0.717) is 17.0 Å². The Bertz CT molecular complexity index is 1410. The molecule has 0 saturated heterocycles. The summed E-state index contributed by atoms with van der Waals surface area (Å²) in [6, 6.07) is 13.1. The van der Waals surface area contributed by atoms with Gasteiger partial charge in [0.05, 0.1) is 0 Å². The highest BCUT2D eigenvalue weighted by atomic mass is 19.1. The molecule has 1 aliphatic carbocycles. The molecule has 4 aromatic rings. The van der Waals surface area contributed by atoms with Crippen LogP contribution in [0.3, 0.4) is 0 Å². The monoisotopic (exact) mass is 520 g/mol. The highest BCUT2D eigenvalue weighted by Crippen LogP contribution is 2.31. The van der Waals surface area contributed by atoms with E-state index in [-0.39, 0.29) is 24.2 Å². The Labute approximate surface area is 217 Å². The molecule has 11 heteroatoms. The van der Waals surface area contributed by atoms with Gasteiger partial charge in [0.15, 0.2) is 6.04 Å². The molecule has 1 N–H and O–H groups in total. The lowest BCUT2D eigenvalue weighted by atomic mass is 10.1. The maximum Gasteiger partial charge on any atom is 0.251 e. The lowest BCUT2D eigenvalue weighted by molar-refractivity contribution is -0.128. The first-order valence-electron chi connectivity index (χ1n) is 12.4. The molecule has 196 valence electrons. The van der Waals surface area contributed by atoms with Crippen LogP contribution in [0.15, 0.2) is 65.1 Å². The molecule has 1 aliphatic rings. The zero-order valence-corrected chi connectivity index (χ0v) is 20.7. The highest BCUT2D eigenvalue weighted by Gasteiger charge is 2.36. The van der Waals surface area contributed by atoms with Gasteiger partial charge in [-0.05, 0) is 85.6 Å². The van der Waals surface area contributed by atoms with Crippen molar-refractivity contribution in [3.8, 4) is 11.4 Å². The Morgan fingerprint density at radius 2 is 1.68 bits per heavy atom. The molecule has 9 nitrogen and oxygen atoms in total. The van der Waals surface area contributed by atoms with E-state index < -0.39 is 29.5 Å². The summed E-state index contributed by atoms with van der Waals surface area (Å²) in [4.78, 5) is 29.8. The highest BCUT2D eigenvalue weighted by molar-refractivity contribution is 6.01. The summed E-state index contributed by atoms with van der Waals surface area (Å²) >= 11 is 0. The third-order valence-electron chi connectivity index (χ3n) is 6.44. The van der Waals surface area contributed by atoms with Crippen LogP contribution in [0, 0.1) is 18.6 Å². The van der Waals surface area contributed by atoms with Gasteiger partial charge in [-0.2, -0.15) is 4.80 Å². The smallest absolute Gasteiger partial charge is 0.251 e. The summed E-state index contributed by atoms with van der Waals surface area (Å²) in [5.74, 6) is -0.766.